The van der Waals surface area contributed by atoms with Crippen LogP contribution in [-0.2, 0) is 24.4 Å². The Morgan fingerprint density at radius 2 is 1.81 bits per heavy atom. The number of halogens is 2. The van der Waals surface area contributed by atoms with Gasteiger partial charge < -0.3 is 14.2 Å². The summed E-state index contributed by atoms with van der Waals surface area (Å²) in [5.41, 5.74) is 2.73. The van der Waals surface area contributed by atoms with Crippen LogP contribution in [-0.4, -0.2) is 24.8 Å². The second kappa shape index (κ2) is 9.44. The Balaban J connectivity index is 1.74. The van der Waals surface area contributed by atoms with Gasteiger partial charge in [0.15, 0.2) is 0 Å². The van der Waals surface area contributed by atoms with Crippen LogP contribution in [0.3, 0.4) is 0 Å². The number of quaternary nitrogens is 1. The number of rotatable bonds is 9. The zero-order chi connectivity index (χ0) is 19.1. The fraction of sp³-hybridized carbons (Fsp3) is 0.273. The Hall–Kier alpha value is -2.50. The number of nitrogens with one attached hydrogen (secondary N) is 1. The van der Waals surface area contributed by atoms with Gasteiger partial charge in [-0.2, -0.15) is 0 Å². The van der Waals surface area contributed by atoms with Gasteiger partial charge in [0, 0.05) is 24.4 Å². The van der Waals surface area contributed by atoms with E-state index in [0.29, 0.717) is 25.3 Å². The largest absolute Gasteiger partial charge is 0.379 e. The van der Waals surface area contributed by atoms with E-state index in [1.165, 1.54) is 17.0 Å². The first-order valence-electron chi connectivity index (χ1n) is 9.10. The van der Waals surface area contributed by atoms with Crippen LogP contribution in [0.25, 0.3) is 0 Å². The van der Waals surface area contributed by atoms with Crippen LogP contribution >= 0.6 is 0 Å². The molecule has 2 aromatic carbocycles. The highest BCUT2D eigenvalue weighted by Gasteiger charge is 2.14. The van der Waals surface area contributed by atoms with E-state index in [0.717, 1.165) is 24.3 Å². The van der Waals surface area contributed by atoms with E-state index in [1.807, 2.05) is 24.4 Å². The van der Waals surface area contributed by atoms with Gasteiger partial charge in [-0.25, -0.2) is 8.78 Å². The van der Waals surface area contributed by atoms with Crippen molar-refractivity contribution < 1.29 is 18.4 Å². The minimum Gasteiger partial charge on any atom is -0.379 e. The lowest BCUT2D eigenvalue weighted by atomic mass is 10.2. The van der Waals surface area contributed by atoms with Gasteiger partial charge in [0.25, 0.3) is 0 Å². The lowest BCUT2D eigenvalue weighted by molar-refractivity contribution is -0.928. The van der Waals surface area contributed by atoms with Gasteiger partial charge in [0.05, 0.1) is 18.8 Å². The molecule has 0 aliphatic heterocycles. The average Bonchev–Trinajstić information content (AvgIpc) is 3.08. The summed E-state index contributed by atoms with van der Waals surface area (Å²) in [6, 6.07) is 17.6. The Bertz CT molecular complexity index is 863. The third-order valence-corrected chi connectivity index (χ3v) is 4.66. The molecule has 5 heteroatoms. The molecule has 27 heavy (non-hydrogen) atoms. The number of hydrogen-bond acceptors (Lipinski definition) is 1. The first-order chi connectivity index (χ1) is 13.2. The molecule has 1 atom stereocenters. The van der Waals surface area contributed by atoms with Crippen molar-refractivity contribution in [3.05, 3.63) is 95.3 Å². The summed E-state index contributed by atoms with van der Waals surface area (Å²) in [4.78, 5) is 1.26. The molecule has 3 rings (SSSR count). The maximum atomic E-state index is 14.0. The molecule has 0 saturated carbocycles. The highest BCUT2D eigenvalue weighted by molar-refractivity contribution is 5.19. The summed E-state index contributed by atoms with van der Waals surface area (Å²) in [6.07, 6.45) is 1.97. The van der Waals surface area contributed by atoms with Gasteiger partial charge in [-0.15, -0.1) is 0 Å². The molecule has 0 aliphatic carbocycles. The van der Waals surface area contributed by atoms with Crippen LogP contribution in [0.15, 0.2) is 66.9 Å². The molecule has 0 aliphatic rings. The van der Waals surface area contributed by atoms with Crippen molar-refractivity contribution in [2.24, 2.45) is 0 Å². The number of methoxy groups -OCH3 is 1. The molecule has 0 bridgehead atoms. The summed E-state index contributed by atoms with van der Waals surface area (Å²) >= 11 is 0. The number of nitrogens with zero attached hydrogens (tertiary/aromatic N) is 1. The first-order valence-corrected chi connectivity index (χ1v) is 9.10. The van der Waals surface area contributed by atoms with Crippen molar-refractivity contribution in [3.8, 4) is 0 Å². The molecular formula is C22H25F2N2O+. The summed E-state index contributed by atoms with van der Waals surface area (Å²) in [7, 11) is 1.68. The Kier molecular flexibility index (Phi) is 6.74. The molecular weight excluding hydrogens is 346 g/mol. The van der Waals surface area contributed by atoms with E-state index in [4.69, 9.17) is 4.74 Å². The zero-order valence-corrected chi connectivity index (χ0v) is 15.5. The smallest absolute Gasteiger partial charge is 0.128 e. The topological polar surface area (TPSA) is 18.6 Å². The van der Waals surface area contributed by atoms with Gasteiger partial charge >= 0.3 is 0 Å². The summed E-state index contributed by atoms with van der Waals surface area (Å²) < 4.78 is 34.8. The van der Waals surface area contributed by atoms with Crippen molar-refractivity contribution in [1.29, 1.82) is 0 Å². The lowest BCUT2D eigenvalue weighted by Crippen LogP contribution is -3.10. The first kappa shape index (κ1) is 19.3. The SMILES string of the molecule is COCC[NH+](Cc1cccc(F)c1)Cc1cccn1Cc1ccccc1F. The van der Waals surface area contributed by atoms with E-state index < -0.39 is 0 Å². The number of ether oxygens (including phenoxy) is 1. The standard InChI is InChI=1S/C22H24F2N2O/c1-27-13-12-25(15-18-6-4-8-20(23)14-18)17-21-9-5-11-26(21)16-19-7-2-3-10-22(19)24/h2-11,14H,12-13,15-17H2,1H3/p+1. The van der Waals surface area contributed by atoms with E-state index in [2.05, 4.69) is 10.6 Å². The summed E-state index contributed by atoms with van der Waals surface area (Å²) in [5.74, 6) is -0.415. The van der Waals surface area contributed by atoms with E-state index in [1.54, 1.807) is 31.4 Å². The van der Waals surface area contributed by atoms with E-state index in [9.17, 15) is 8.78 Å². The van der Waals surface area contributed by atoms with Crippen molar-refractivity contribution in [2.45, 2.75) is 19.6 Å². The van der Waals surface area contributed by atoms with E-state index in [-0.39, 0.29) is 11.6 Å². The maximum Gasteiger partial charge on any atom is 0.128 e. The molecule has 3 aromatic rings. The number of hydrogen-bond donors (Lipinski definition) is 1. The van der Waals surface area contributed by atoms with Crippen molar-refractivity contribution >= 4 is 0 Å². The Morgan fingerprint density at radius 3 is 2.59 bits per heavy atom. The number of aromatic nitrogens is 1. The van der Waals surface area contributed by atoms with Crippen LogP contribution < -0.4 is 4.90 Å². The summed E-state index contributed by atoms with van der Waals surface area (Å²) in [5, 5.41) is 0. The normalized spacial score (nSPS) is 12.3. The molecule has 0 radical (unpaired) electrons. The molecule has 0 saturated heterocycles. The lowest BCUT2D eigenvalue weighted by Gasteiger charge is -2.20. The molecule has 1 unspecified atom stereocenters. The zero-order valence-electron chi connectivity index (χ0n) is 15.5. The molecule has 1 heterocycles. The highest BCUT2D eigenvalue weighted by Crippen LogP contribution is 2.11. The highest BCUT2D eigenvalue weighted by atomic mass is 19.1. The Morgan fingerprint density at radius 1 is 0.963 bits per heavy atom. The second-order valence-corrected chi connectivity index (χ2v) is 6.70. The summed E-state index contributed by atoms with van der Waals surface area (Å²) in [6.45, 7) is 3.37. The molecule has 0 spiro atoms. The van der Waals surface area contributed by atoms with Gasteiger partial charge in [0.2, 0.25) is 0 Å². The molecule has 3 nitrogen and oxygen atoms in total. The fourth-order valence-electron chi connectivity index (χ4n) is 3.25. The van der Waals surface area contributed by atoms with Gasteiger partial charge in [-0.3, -0.25) is 0 Å². The van der Waals surface area contributed by atoms with Crippen molar-refractivity contribution in [3.63, 3.8) is 0 Å². The minimum atomic E-state index is -0.221. The molecule has 1 N–H and O–H groups in total. The van der Waals surface area contributed by atoms with Crippen molar-refractivity contribution in [2.75, 3.05) is 20.3 Å². The monoisotopic (exact) mass is 371 g/mol. The van der Waals surface area contributed by atoms with Crippen molar-refractivity contribution in [1.82, 2.24) is 4.57 Å². The van der Waals surface area contributed by atoms with E-state index >= 15 is 0 Å². The third kappa shape index (κ3) is 5.49. The number of benzene rings is 2. The van der Waals surface area contributed by atoms with Crippen LogP contribution in [0.1, 0.15) is 16.8 Å². The fourth-order valence-corrected chi connectivity index (χ4v) is 3.25. The second-order valence-electron chi connectivity index (χ2n) is 6.70. The predicted octanol–water partition coefficient (Wildman–Crippen LogP) is 3.05. The minimum absolute atomic E-state index is 0.194. The molecule has 142 valence electrons. The van der Waals surface area contributed by atoms with Crippen LogP contribution in [0.5, 0.6) is 0 Å². The third-order valence-electron chi connectivity index (χ3n) is 4.66. The molecule has 0 fully saturated rings. The van der Waals surface area contributed by atoms with Gasteiger partial charge in [0.1, 0.15) is 31.3 Å². The molecule has 0 amide bonds. The average molecular weight is 371 g/mol. The quantitative estimate of drug-likeness (QED) is 0.612. The van der Waals surface area contributed by atoms with Gasteiger partial charge in [-0.05, 0) is 30.3 Å². The van der Waals surface area contributed by atoms with Crippen LogP contribution in [0.2, 0.25) is 0 Å². The predicted molar refractivity (Wildman–Crippen MR) is 101 cm³/mol. The maximum absolute atomic E-state index is 14.0. The van der Waals surface area contributed by atoms with Crippen LogP contribution in [0.4, 0.5) is 8.78 Å². The molecule has 1 aromatic heterocycles. The van der Waals surface area contributed by atoms with Gasteiger partial charge in [-0.1, -0.05) is 30.3 Å². The van der Waals surface area contributed by atoms with Crippen LogP contribution in [0, 0.1) is 11.6 Å². The Labute approximate surface area is 158 Å².